The summed E-state index contributed by atoms with van der Waals surface area (Å²) in [7, 11) is 0. The number of aromatic nitrogens is 21. The second-order valence-corrected chi connectivity index (χ2v) is 32.9. The maximum Gasteiger partial charge on any atom is 0.410 e. The zero-order valence-corrected chi connectivity index (χ0v) is 71.4. The second kappa shape index (κ2) is 41.1. The van der Waals surface area contributed by atoms with Gasteiger partial charge in [0.25, 0.3) is 0 Å². The largest absolute Gasteiger partial charge is 0.444 e. The van der Waals surface area contributed by atoms with Crippen LogP contribution < -0.4 is 40.0 Å². The summed E-state index contributed by atoms with van der Waals surface area (Å²) in [5, 5.41) is 20.2. The summed E-state index contributed by atoms with van der Waals surface area (Å²) in [6, 6.07) is 31.3. The number of nitrogens with zero attached hydrogens (tertiary/aromatic N) is 28. The molecule has 0 bridgehead atoms. The van der Waals surface area contributed by atoms with E-state index >= 15 is 0 Å². The molecule has 12 aromatic rings. The molecule has 646 valence electrons. The fraction of sp³-hybridized carbons (Fsp3) is 0.449. The van der Waals surface area contributed by atoms with Crippen molar-refractivity contribution in [3.63, 3.8) is 0 Å². The third-order valence-corrected chi connectivity index (χ3v) is 22.9. The quantitative estimate of drug-likeness (QED) is 0.0595. The Balaban J connectivity index is 0.000000138. The van der Waals surface area contributed by atoms with Gasteiger partial charge in [0.15, 0.2) is 0 Å². The van der Waals surface area contributed by atoms with Crippen LogP contribution in [0.1, 0.15) is 127 Å². The second-order valence-electron chi connectivity index (χ2n) is 32.9. The molecule has 35 heteroatoms. The predicted molar refractivity (Wildman–Crippen MR) is 469 cm³/mol. The Kier molecular flexibility index (Phi) is 28.2. The van der Waals surface area contributed by atoms with Crippen molar-refractivity contribution >= 4 is 41.8 Å². The minimum absolute atomic E-state index is 0.148. The van der Waals surface area contributed by atoms with Gasteiger partial charge in [0.2, 0.25) is 35.7 Å². The van der Waals surface area contributed by atoms with Gasteiger partial charge in [-0.15, -0.1) is 0 Å². The number of piperazine rings is 3. The fourth-order valence-electron chi connectivity index (χ4n) is 15.7. The van der Waals surface area contributed by atoms with Crippen molar-refractivity contribution in [1.82, 2.24) is 120 Å². The van der Waals surface area contributed by atoms with Gasteiger partial charge in [-0.3, -0.25) is 14.0 Å². The normalized spacial score (nSPS) is 18.5. The van der Waals surface area contributed by atoms with Crippen molar-refractivity contribution < 1.29 is 23.7 Å². The van der Waals surface area contributed by atoms with Crippen LogP contribution in [-0.2, 0) is 57.8 Å². The van der Waals surface area contributed by atoms with Crippen LogP contribution >= 0.6 is 0 Å². The maximum absolute atomic E-state index is 12.5. The number of hydrogen-bond acceptors (Lipinski definition) is 31. The minimum Gasteiger partial charge on any atom is -0.444 e. The average molecular weight is 1680 g/mol. The van der Waals surface area contributed by atoms with Crippen molar-refractivity contribution in [3.05, 3.63) is 252 Å². The van der Waals surface area contributed by atoms with E-state index in [1.54, 1.807) is 23.9 Å². The zero-order chi connectivity index (χ0) is 85.0. The Bertz CT molecular complexity index is 5080. The third-order valence-electron chi connectivity index (χ3n) is 22.9. The van der Waals surface area contributed by atoms with Crippen LogP contribution in [0.2, 0.25) is 0 Å². The Morgan fingerprint density at radius 2 is 0.685 bits per heavy atom. The molecule has 0 saturated carbocycles. The lowest BCUT2D eigenvalue weighted by Gasteiger charge is -2.34. The highest BCUT2D eigenvalue weighted by Crippen LogP contribution is 2.29. The molecule has 6 fully saturated rings. The van der Waals surface area contributed by atoms with Crippen LogP contribution in [0.4, 0.5) is 40.5 Å². The van der Waals surface area contributed by atoms with Crippen LogP contribution in [0.5, 0.6) is 0 Å². The molecule has 3 aromatic carbocycles. The summed E-state index contributed by atoms with van der Waals surface area (Å²) >= 11 is 0. The number of nitrogens with one attached hydrogen (secondary N) is 2. The number of ether oxygens (including phenoxy) is 4. The van der Waals surface area contributed by atoms with Crippen LogP contribution in [0.3, 0.4) is 0 Å². The number of anilines is 6. The molecule has 0 spiro atoms. The molecule has 2 unspecified atom stereocenters. The first-order chi connectivity index (χ1) is 60.6. The molecular weight excluding hydrogens is 1570 g/mol. The smallest absolute Gasteiger partial charge is 0.410 e. The number of morpholine rings is 3. The molecule has 2 N–H and O–H groups in total. The molecule has 35 nitrogen and oxygen atoms in total. The van der Waals surface area contributed by atoms with E-state index in [9.17, 15) is 4.79 Å². The average Bonchev–Trinajstić information content (AvgIpc) is 1.78. The summed E-state index contributed by atoms with van der Waals surface area (Å²) in [6.07, 6.45) is 29.7. The zero-order valence-electron chi connectivity index (χ0n) is 71.4. The van der Waals surface area contributed by atoms with Gasteiger partial charge in [0.05, 0.1) is 82.9 Å². The number of carbonyl (C=O) groups excluding carboxylic acids is 1. The summed E-state index contributed by atoms with van der Waals surface area (Å²) < 4.78 is 28.7. The highest BCUT2D eigenvalue weighted by Gasteiger charge is 2.31. The highest BCUT2D eigenvalue weighted by atomic mass is 16.6. The van der Waals surface area contributed by atoms with Gasteiger partial charge in [0, 0.05) is 204 Å². The van der Waals surface area contributed by atoms with E-state index < -0.39 is 5.60 Å². The van der Waals surface area contributed by atoms with Crippen molar-refractivity contribution in [1.29, 1.82) is 0 Å². The van der Waals surface area contributed by atoms with Crippen molar-refractivity contribution in [2.45, 2.75) is 122 Å². The summed E-state index contributed by atoms with van der Waals surface area (Å²) in [6.45, 7) is 30.1. The standard InChI is InChI=1S/C33H42N10O3.2C28H34N10O/c1-24(26-8-6-5-7-9-26)27-18-34-30(35-19-27)40-10-12-41(13-11-40)31-37-23-36-29(39-31)16-25-17-38-43(20-25)22-28-21-42(14-15-45-28)32(44)46-33(2,3)4;2*1-21(23-5-3-2-4-6-23)24-15-30-27(31-16-24)36-8-10-37(11-9-36)28-33-20-32-26(35-28)13-22-14-34-38(18-22)19-25-17-29-7-12-39-25/h5-9,17-20,23-24,28H,10-16,21-22H2,1-4H3;2*2-6,14-16,18,20-21,25,29H,7-13,17,19H2,1H3/t24?,28-;21?,25-;21-,25+/m001/s1. The maximum atomic E-state index is 12.5. The molecule has 124 heavy (non-hydrogen) atoms. The number of rotatable bonds is 24. The van der Waals surface area contributed by atoms with E-state index in [0.29, 0.717) is 69.2 Å². The number of benzene rings is 3. The topological polar surface area (TPSA) is 348 Å². The van der Waals surface area contributed by atoms with Crippen LogP contribution in [0.15, 0.2) is 184 Å². The van der Waals surface area contributed by atoms with E-state index in [4.69, 9.17) is 33.9 Å². The third kappa shape index (κ3) is 23.2. The lowest BCUT2D eigenvalue weighted by molar-refractivity contribution is -0.0483. The molecule has 6 atom stereocenters. The van der Waals surface area contributed by atoms with Gasteiger partial charge in [-0.25, -0.2) is 64.6 Å². The first-order valence-corrected chi connectivity index (χ1v) is 43.0. The molecule has 0 radical (unpaired) electrons. The van der Waals surface area contributed by atoms with Crippen LogP contribution in [0.25, 0.3) is 0 Å². The molecule has 0 aliphatic carbocycles. The highest BCUT2D eigenvalue weighted by molar-refractivity contribution is 5.68. The lowest BCUT2D eigenvalue weighted by Crippen LogP contribution is -2.48. The number of carbonyl (C=O) groups is 1. The van der Waals surface area contributed by atoms with E-state index in [2.05, 4.69) is 209 Å². The van der Waals surface area contributed by atoms with Gasteiger partial charge >= 0.3 is 6.09 Å². The number of hydrogen-bond donors (Lipinski definition) is 2. The van der Waals surface area contributed by atoms with Crippen LogP contribution in [-0.4, -0.2) is 277 Å². The van der Waals surface area contributed by atoms with E-state index in [-0.39, 0.29) is 42.2 Å². The summed E-state index contributed by atoms with van der Waals surface area (Å²) in [5.74, 6) is 7.28. The minimum atomic E-state index is -0.533. The molecular formula is C89H110N30O5. The molecule has 15 heterocycles. The fourth-order valence-corrected chi connectivity index (χ4v) is 15.7. The first kappa shape index (κ1) is 85.0. The summed E-state index contributed by atoms with van der Waals surface area (Å²) in [5.41, 5.74) is 9.71. The van der Waals surface area contributed by atoms with Gasteiger partial charge in [-0.2, -0.15) is 30.2 Å². The monoisotopic (exact) mass is 1680 g/mol. The van der Waals surface area contributed by atoms with Gasteiger partial charge in [0.1, 0.15) is 42.1 Å². The Hall–Kier alpha value is -12.6. The van der Waals surface area contributed by atoms with Crippen LogP contribution in [0, 0.1) is 0 Å². The van der Waals surface area contributed by atoms with Crippen molar-refractivity contribution in [2.24, 2.45) is 0 Å². The molecule has 6 aliphatic rings. The van der Waals surface area contributed by atoms with Gasteiger partial charge in [-0.1, -0.05) is 112 Å². The van der Waals surface area contributed by atoms with Crippen molar-refractivity contribution in [3.8, 4) is 0 Å². The lowest BCUT2D eigenvalue weighted by atomic mass is 9.96. The Morgan fingerprint density at radius 1 is 0.379 bits per heavy atom. The van der Waals surface area contributed by atoms with Gasteiger partial charge in [-0.05, 0) is 70.8 Å². The number of amides is 1. The first-order valence-electron chi connectivity index (χ1n) is 43.0. The van der Waals surface area contributed by atoms with E-state index in [0.717, 1.165) is 194 Å². The van der Waals surface area contributed by atoms with E-state index in [1.165, 1.54) is 16.7 Å². The van der Waals surface area contributed by atoms with Gasteiger partial charge < -0.3 is 63.9 Å². The SMILES string of the molecule is CC(c1ccccc1)c1cnc(N2CCN(c3ncnc(Cc4cnn(C[C@@H]5CN(C(=O)OC(C)(C)C)CCO5)c4)n3)CC2)nc1.CC(c1ccccc1)c1cnc(N2CCN(c3ncnc(Cc4cnn(C[C@@H]5CNCCO5)c4)n3)CC2)nc1.C[C@H](c1ccccc1)c1cnc(N2CCN(c3ncnc(Cc4cnn(C[C@@H]5CNCCO5)c4)n3)CC2)nc1. The summed E-state index contributed by atoms with van der Waals surface area (Å²) in [4.78, 5) is 96.4. The molecule has 6 saturated heterocycles. The Morgan fingerprint density at radius 3 is 0.992 bits per heavy atom. The molecule has 18 rings (SSSR count). The Labute approximate surface area is 722 Å². The predicted octanol–water partition coefficient (Wildman–Crippen LogP) is 7.39. The molecule has 6 aliphatic heterocycles. The molecule has 1 amide bonds. The van der Waals surface area contributed by atoms with Crippen molar-refractivity contribution in [2.75, 3.05) is 167 Å². The molecule has 9 aromatic heterocycles. The van der Waals surface area contributed by atoms with E-state index in [1.807, 2.05) is 127 Å².